The first kappa shape index (κ1) is 24.2. The van der Waals surface area contributed by atoms with Gasteiger partial charge in [0.05, 0.1) is 13.7 Å². The van der Waals surface area contributed by atoms with Crippen LogP contribution < -0.4 is 15.4 Å². The summed E-state index contributed by atoms with van der Waals surface area (Å²) in [6.45, 7) is 4.76. The monoisotopic (exact) mass is 516 g/mol. The summed E-state index contributed by atoms with van der Waals surface area (Å²) < 4.78 is 5.10. The molecular weight excluding hydrogens is 487 g/mol. The minimum atomic E-state index is -0.107. The number of halogens is 1. The summed E-state index contributed by atoms with van der Waals surface area (Å²) in [5.74, 6) is 1.48. The van der Waals surface area contributed by atoms with Gasteiger partial charge in [-0.3, -0.25) is 9.79 Å². The van der Waals surface area contributed by atoms with Crippen LogP contribution in [0.25, 0.3) is 0 Å². The van der Waals surface area contributed by atoms with Crippen LogP contribution in [0.1, 0.15) is 22.2 Å². The molecule has 0 atom stereocenters. The molecule has 1 heterocycles. The molecule has 1 aromatic carbocycles. The van der Waals surface area contributed by atoms with E-state index < -0.39 is 0 Å². The predicted octanol–water partition coefficient (Wildman–Crippen LogP) is 3.24. The van der Waals surface area contributed by atoms with Crippen LogP contribution in [0.2, 0.25) is 0 Å². The maximum Gasteiger partial charge on any atom is 0.251 e. The molecule has 0 aliphatic carbocycles. The largest absolute Gasteiger partial charge is 0.497 e. The zero-order valence-electron chi connectivity index (χ0n) is 16.6. The van der Waals surface area contributed by atoms with E-state index in [9.17, 15) is 4.79 Å². The Balaban J connectivity index is 0.00000392. The second-order valence-corrected chi connectivity index (χ2v) is 7.00. The number of carbonyl (C=O) groups is 1. The number of benzene rings is 1. The van der Waals surface area contributed by atoms with E-state index in [1.807, 2.05) is 14.0 Å². The number of nitrogens with zero attached hydrogens (tertiary/aromatic N) is 2. The van der Waals surface area contributed by atoms with E-state index in [-0.39, 0.29) is 29.9 Å². The lowest BCUT2D eigenvalue weighted by Crippen LogP contribution is -2.40. The van der Waals surface area contributed by atoms with Crippen molar-refractivity contribution in [3.63, 3.8) is 0 Å². The first-order valence-corrected chi connectivity index (χ1v) is 9.96. The molecule has 154 valence electrons. The highest BCUT2D eigenvalue weighted by atomic mass is 127. The van der Waals surface area contributed by atoms with Crippen molar-refractivity contribution in [1.29, 1.82) is 0 Å². The van der Waals surface area contributed by atoms with E-state index in [0.29, 0.717) is 18.7 Å². The Morgan fingerprint density at radius 2 is 1.96 bits per heavy atom. The third-order valence-electron chi connectivity index (χ3n) is 3.98. The predicted molar refractivity (Wildman–Crippen MR) is 127 cm³/mol. The number of rotatable bonds is 9. The lowest BCUT2D eigenvalue weighted by atomic mass is 10.2. The number of likely N-dealkylation sites (N-methyl/N-ethyl adjacent to an activating group) is 1. The van der Waals surface area contributed by atoms with Gasteiger partial charge < -0.3 is 20.3 Å². The first-order chi connectivity index (χ1) is 13.1. The smallest absolute Gasteiger partial charge is 0.251 e. The lowest BCUT2D eigenvalue weighted by Gasteiger charge is -2.21. The van der Waals surface area contributed by atoms with Gasteiger partial charge in [0, 0.05) is 37.1 Å². The average molecular weight is 516 g/mol. The second-order valence-electron chi connectivity index (χ2n) is 5.97. The van der Waals surface area contributed by atoms with Crippen molar-refractivity contribution in [2.24, 2.45) is 4.99 Å². The maximum atomic E-state index is 12.2. The van der Waals surface area contributed by atoms with Gasteiger partial charge in [0.15, 0.2) is 5.96 Å². The Hall–Kier alpha value is -1.81. The van der Waals surface area contributed by atoms with Crippen LogP contribution in [-0.4, -0.2) is 57.1 Å². The third-order valence-corrected chi connectivity index (χ3v) is 4.92. The highest BCUT2D eigenvalue weighted by Gasteiger charge is 2.07. The molecule has 0 radical (unpaired) electrons. The second kappa shape index (κ2) is 13.4. The molecule has 0 saturated heterocycles. The summed E-state index contributed by atoms with van der Waals surface area (Å²) in [5.41, 5.74) is 0.611. The molecule has 0 unspecified atom stereocenters. The molecule has 0 spiro atoms. The van der Waals surface area contributed by atoms with Crippen LogP contribution in [0.5, 0.6) is 5.75 Å². The number of hydrogen-bond donors (Lipinski definition) is 2. The zero-order valence-corrected chi connectivity index (χ0v) is 19.8. The Bertz CT molecular complexity index is 720. The van der Waals surface area contributed by atoms with E-state index >= 15 is 0 Å². The van der Waals surface area contributed by atoms with Gasteiger partial charge >= 0.3 is 0 Å². The highest BCUT2D eigenvalue weighted by molar-refractivity contribution is 14.0. The van der Waals surface area contributed by atoms with Gasteiger partial charge in [-0.2, -0.15) is 0 Å². The summed E-state index contributed by atoms with van der Waals surface area (Å²) in [6.07, 6.45) is 0.993. The number of aliphatic imine (C=N–C) groups is 1. The molecule has 28 heavy (non-hydrogen) atoms. The number of thiophene rings is 1. The molecular formula is C20H29IN4O2S. The summed E-state index contributed by atoms with van der Waals surface area (Å²) in [6, 6.07) is 11.3. The molecule has 0 aliphatic heterocycles. The molecule has 6 nitrogen and oxygen atoms in total. The minimum absolute atomic E-state index is 0. The molecule has 2 aromatic rings. The van der Waals surface area contributed by atoms with Crippen molar-refractivity contribution in [1.82, 2.24) is 15.5 Å². The van der Waals surface area contributed by atoms with Gasteiger partial charge in [-0.1, -0.05) is 6.07 Å². The van der Waals surface area contributed by atoms with Crippen LogP contribution in [-0.2, 0) is 6.42 Å². The van der Waals surface area contributed by atoms with Gasteiger partial charge in [0.2, 0.25) is 0 Å². The molecule has 0 fully saturated rings. The van der Waals surface area contributed by atoms with Crippen LogP contribution in [0.4, 0.5) is 0 Å². The van der Waals surface area contributed by atoms with Gasteiger partial charge in [-0.25, -0.2) is 0 Å². The topological polar surface area (TPSA) is 66.0 Å². The van der Waals surface area contributed by atoms with E-state index in [1.165, 1.54) is 4.88 Å². The molecule has 1 aromatic heterocycles. The van der Waals surface area contributed by atoms with Crippen molar-refractivity contribution < 1.29 is 9.53 Å². The van der Waals surface area contributed by atoms with Crippen LogP contribution in [0.3, 0.4) is 0 Å². The lowest BCUT2D eigenvalue weighted by molar-refractivity contribution is 0.0954. The fourth-order valence-electron chi connectivity index (χ4n) is 2.48. The van der Waals surface area contributed by atoms with Crippen molar-refractivity contribution >= 4 is 47.2 Å². The van der Waals surface area contributed by atoms with E-state index in [0.717, 1.165) is 31.2 Å². The number of carbonyl (C=O) groups excluding carboxylic acids is 1. The molecule has 0 saturated carbocycles. The third kappa shape index (κ3) is 8.05. The average Bonchev–Trinajstić information content (AvgIpc) is 3.22. The fraction of sp³-hybridized carbons (Fsp3) is 0.400. The highest BCUT2D eigenvalue weighted by Crippen LogP contribution is 2.11. The van der Waals surface area contributed by atoms with Crippen molar-refractivity contribution in [3.05, 3.63) is 52.2 Å². The Labute approximate surface area is 188 Å². The number of guanidine groups is 1. The van der Waals surface area contributed by atoms with Crippen LogP contribution >= 0.6 is 35.3 Å². The normalized spacial score (nSPS) is 10.8. The Morgan fingerprint density at radius 1 is 1.21 bits per heavy atom. The van der Waals surface area contributed by atoms with E-state index in [4.69, 9.17) is 4.74 Å². The molecule has 0 bridgehead atoms. The zero-order chi connectivity index (χ0) is 19.5. The number of nitrogens with one attached hydrogen (secondary N) is 2. The number of hydrogen-bond acceptors (Lipinski definition) is 4. The van der Waals surface area contributed by atoms with Gasteiger partial charge in [-0.15, -0.1) is 35.3 Å². The van der Waals surface area contributed by atoms with Crippen LogP contribution in [0, 0.1) is 0 Å². The molecule has 1 amide bonds. The van der Waals surface area contributed by atoms with E-state index in [2.05, 4.69) is 38.0 Å². The molecule has 2 rings (SSSR count). The van der Waals surface area contributed by atoms with Gasteiger partial charge in [0.25, 0.3) is 5.91 Å². The maximum absolute atomic E-state index is 12.2. The molecule has 8 heteroatoms. The van der Waals surface area contributed by atoms with Crippen molar-refractivity contribution in [3.8, 4) is 5.75 Å². The number of amides is 1. The summed E-state index contributed by atoms with van der Waals surface area (Å²) in [4.78, 5) is 20.2. The summed E-state index contributed by atoms with van der Waals surface area (Å²) in [7, 11) is 3.64. The fourth-order valence-corrected chi connectivity index (χ4v) is 3.18. The number of ether oxygens (including phenoxy) is 1. The minimum Gasteiger partial charge on any atom is -0.497 e. The van der Waals surface area contributed by atoms with Gasteiger partial charge in [-0.05, 0) is 49.1 Å². The summed E-state index contributed by atoms with van der Waals surface area (Å²) in [5, 5.41) is 8.29. The van der Waals surface area contributed by atoms with Crippen molar-refractivity contribution in [2.75, 3.05) is 40.3 Å². The van der Waals surface area contributed by atoms with E-state index in [1.54, 1.807) is 42.7 Å². The SMILES string of the molecule is CCNC(=NCCNC(=O)c1ccc(OC)cc1)N(C)CCc1cccs1.I. The summed E-state index contributed by atoms with van der Waals surface area (Å²) >= 11 is 1.77. The van der Waals surface area contributed by atoms with Crippen molar-refractivity contribution in [2.45, 2.75) is 13.3 Å². The quantitative estimate of drug-likeness (QED) is 0.233. The first-order valence-electron chi connectivity index (χ1n) is 9.08. The van der Waals surface area contributed by atoms with Crippen LogP contribution in [0.15, 0.2) is 46.8 Å². The Morgan fingerprint density at radius 3 is 2.57 bits per heavy atom. The molecule has 2 N–H and O–H groups in total. The Kier molecular flexibility index (Phi) is 11.6. The van der Waals surface area contributed by atoms with Gasteiger partial charge in [0.1, 0.15) is 5.75 Å². The molecule has 0 aliphatic rings. The number of methoxy groups -OCH3 is 1. The standard InChI is InChI=1S/C20H28N4O2S.HI/c1-4-21-20(24(2)14-11-18-6-5-15-27-18)23-13-12-22-19(25)16-7-9-17(26-3)10-8-16;/h5-10,15H,4,11-14H2,1-3H3,(H,21,23)(H,22,25);1H.